The van der Waals surface area contributed by atoms with Gasteiger partial charge in [0.05, 0.1) is 0 Å². The fraction of sp³-hybridized carbons (Fsp3) is 0.706. The number of aryl methyl sites for hydroxylation is 1. The van der Waals surface area contributed by atoms with Crippen LogP contribution in [-0.4, -0.2) is 35.0 Å². The van der Waals surface area contributed by atoms with E-state index in [1.54, 1.807) is 0 Å². The summed E-state index contributed by atoms with van der Waals surface area (Å²) in [6, 6.07) is 1.63. The summed E-state index contributed by atoms with van der Waals surface area (Å²) in [4.78, 5) is 33.3. The first-order valence-electron chi connectivity index (χ1n) is 8.64. The van der Waals surface area contributed by atoms with Crippen molar-refractivity contribution in [2.45, 2.75) is 52.0 Å². The minimum atomic E-state index is -0.126. The van der Waals surface area contributed by atoms with E-state index in [-0.39, 0.29) is 23.4 Å². The molecule has 2 fully saturated rings. The maximum Gasteiger partial charge on any atom is 0.252 e. The molecule has 3 rings (SSSR count). The SMILES string of the molecule is Cc1cc(=O)[nH]c(N2CCCC(NC(=O)C3CCC(C)C3)C2)n1. The zero-order valence-electron chi connectivity index (χ0n) is 14.0. The van der Waals surface area contributed by atoms with Crippen molar-refractivity contribution in [1.82, 2.24) is 15.3 Å². The molecule has 0 radical (unpaired) electrons. The predicted molar refractivity (Wildman–Crippen MR) is 89.5 cm³/mol. The van der Waals surface area contributed by atoms with Gasteiger partial charge in [-0.3, -0.25) is 14.6 Å². The lowest BCUT2D eigenvalue weighted by molar-refractivity contribution is -0.125. The Morgan fingerprint density at radius 1 is 1.39 bits per heavy atom. The Labute approximate surface area is 136 Å². The van der Waals surface area contributed by atoms with Crippen molar-refractivity contribution in [3.63, 3.8) is 0 Å². The molecule has 1 aliphatic heterocycles. The molecule has 3 atom stereocenters. The average molecular weight is 318 g/mol. The summed E-state index contributed by atoms with van der Waals surface area (Å²) < 4.78 is 0. The number of anilines is 1. The van der Waals surface area contributed by atoms with Crippen LogP contribution in [0.5, 0.6) is 0 Å². The van der Waals surface area contributed by atoms with Crippen LogP contribution in [0.3, 0.4) is 0 Å². The van der Waals surface area contributed by atoms with E-state index in [9.17, 15) is 9.59 Å². The highest BCUT2D eigenvalue weighted by Crippen LogP contribution is 2.30. The zero-order valence-corrected chi connectivity index (χ0v) is 14.0. The topological polar surface area (TPSA) is 78.1 Å². The third-order valence-electron chi connectivity index (χ3n) is 4.99. The number of rotatable bonds is 3. The molecule has 2 heterocycles. The molecular weight excluding hydrogens is 292 g/mol. The first-order chi connectivity index (χ1) is 11.0. The molecule has 1 aromatic rings. The molecule has 1 saturated heterocycles. The summed E-state index contributed by atoms with van der Waals surface area (Å²) in [5.41, 5.74) is 0.591. The Kier molecular flexibility index (Phi) is 4.68. The van der Waals surface area contributed by atoms with Gasteiger partial charge in [0.2, 0.25) is 11.9 Å². The monoisotopic (exact) mass is 318 g/mol. The molecule has 6 nitrogen and oxygen atoms in total. The summed E-state index contributed by atoms with van der Waals surface area (Å²) >= 11 is 0. The van der Waals surface area contributed by atoms with E-state index in [2.05, 4.69) is 27.1 Å². The van der Waals surface area contributed by atoms with Crippen molar-refractivity contribution in [3.05, 3.63) is 22.1 Å². The summed E-state index contributed by atoms with van der Waals surface area (Å²) in [6.45, 7) is 5.61. The Morgan fingerprint density at radius 3 is 2.91 bits per heavy atom. The van der Waals surface area contributed by atoms with E-state index in [4.69, 9.17) is 0 Å². The van der Waals surface area contributed by atoms with Crippen LogP contribution >= 0.6 is 0 Å². The number of H-pyrrole nitrogens is 1. The van der Waals surface area contributed by atoms with Crippen LogP contribution in [0, 0.1) is 18.8 Å². The van der Waals surface area contributed by atoms with Crippen molar-refractivity contribution < 1.29 is 4.79 Å². The number of amides is 1. The third kappa shape index (κ3) is 3.92. The van der Waals surface area contributed by atoms with Gasteiger partial charge in [0.15, 0.2) is 0 Å². The van der Waals surface area contributed by atoms with Crippen molar-refractivity contribution in [1.29, 1.82) is 0 Å². The van der Waals surface area contributed by atoms with Crippen LogP contribution in [0.15, 0.2) is 10.9 Å². The molecule has 0 aromatic carbocycles. The zero-order chi connectivity index (χ0) is 16.4. The first-order valence-corrected chi connectivity index (χ1v) is 8.64. The minimum absolute atomic E-state index is 0.126. The summed E-state index contributed by atoms with van der Waals surface area (Å²) in [5.74, 6) is 1.66. The van der Waals surface area contributed by atoms with Gasteiger partial charge in [-0.25, -0.2) is 4.98 Å². The quantitative estimate of drug-likeness (QED) is 0.887. The second-order valence-electron chi connectivity index (χ2n) is 7.12. The Bertz CT molecular complexity index is 627. The molecular formula is C17H26N4O2. The lowest BCUT2D eigenvalue weighted by Crippen LogP contribution is -2.49. The maximum atomic E-state index is 12.4. The summed E-state index contributed by atoms with van der Waals surface area (Å²) in [6.07, 6.45) is 5.15. The summed E-state index contributed by atoms with van der Waals surface area (Å²) in [7, 11) is 0. The van der Waals surface area contributed by atoms with E-state index < -0.39 is 0 Å². The van der Waals surface area contributed by atoms with Gasteiger partial charge in [-0.1, -0.05) is 6.92 Å². The van der Waals surface area contributed by atoms with E-state index in [1.165, 1.54) is 6.07 Å². The van der Waals surface area contributed by atoms with Crippen LogP contribution in [0.25, 0.3) is 0 Å². The highest BCUT2D eigenvalue weighted by molar-refractivity contribution is 5.79. The van der Waals surface area contributed by atoms with Crippen molar-refractivity contribution >= 4 is 11.9 Å². The molecule has 2 aliphatic rings. The van der Waals surface area contributed by atoms with Gasteiger partial charge in [0.25, 0.3) is 5.56 Å². The van der Waals surface area contributed by atoms with Gasteiger partial charge in [-0.2, -0.15) is 0 Å². The smallest absolute Gasteiger partial charge is 0.252 e. The number of hydrogen-bond donors (Lipinski definition) is 2. The van der Waals surface area contributed by atoms with Crippen LogP contribution < -0.4 is 15.8 Å². The molecule has 1 amide bonds. The number of nitrogens with one attached hydrogen (secondary N) is 2. The van der Waals surface area contributed by atoms with Crippen LogP contribution in [0.1, 0.15) is 44.7 Å². The Hall–Kier alpha value is -1.85. The fourth-order valence-corrected chi connectivity index (χ4v) is 3.76. The van der Waals surface area contributed by atoms with Crippen LogP contribution in [0.4, 0.5) is 5.95 Å². The van der Waals surface area contributed by atoms with Crippen LogP contribution in [0.2, 0.25) is 0 Å². The molecule has 2 N–H and O–H groups in total. The molecule has 1 aromatic heterocycles. The molecule has 1 aliphatic carbocycles. The molecule has 0 spiro atoms. The van der Waals surface area contributed by atoms with Crippen molar-refractivity contribution in [3.8, 4) is 0 Å². The van der Waals surface area contributed by atoms with Crippen LogP contribution in [-0.2, 0) is 4.79 Å². The van der Waals surface area contributed by atoms with E-state index in [0.717, 1.165) is 44.3 Å². The number of aromatic nitrogens is 2. The van der Waals surface area contributed by atoms with Gasteiger partial charge < -0.3 is 10.2 Å². The largest absolute Gasteiger partial charge is 0.351 e. The van der Waals surface area contributed by atoms with Gasteiger partial charge in [-0.05, 0) is 44.9 Å². The second-order valence-corrected chi connectivity index (χ2v) is 7.12. The van der Waals surface area contributed by atoms with E-state index in [0.29, 0.717) is 18.4 Å². The van der Waals surface area contributed by atoms with Gasteiger partial charge in [-0.15, -0.1) is 0 Å². The minimum Gasteiger partial charge on any atom is -0.351 e. The van der Waals surface area contributed by atoms with Gasteiger partial charge >= 0.3 is 0 Å². The number of hydrogen-bond acceptors (Lipinski definition) is 4. The Balaban J connectivity index is 1.62. The molecule has 126 valence electrons. The van der Waals surface area contributed by atoms with Gasteiger partial charge in [0, 0.05) is 36.8 Å². The lowest BCUT2D eigenvalue weighted by atomic mass is 10.0. The number of nitrogens with zero attached hydrogens (tertiary/aromatic N) is 2. The number of carbonyl (C=O) groups is 1. The normalized spacial score (nSPS) is 27.9. The number of piperidine rings is 1. The first kappa shape index (κ1) is 16.0. The predicted octanol–water partition coefficient (Wildman–Crippen LogP) is 1.60. The molecule has 23 heavy (non-hydrogen) atoms. The molecule has 3 unspecified atom stereocenters. The Morgan fingerprint density at radius 2 is 2.22 bits per heavy atom. The van der Waals surface area contributed by atoms with Gasteiger partial charge in [0.1, 0.15) is 0 Å². The third-order valence-corrected chi connectivity index (χ3v) is 4.99. The highest BCUT2D eigenvalue weighted by Gasteiger charge is 2.30. The summed E-state index contributed by atoms with van der Waals surface area (Å²) in [5, 5.41) is 3.21. The highest BCUT2D eigenvalue weighted by atomic mass is 16.2. The lowest BCUT2D eigenvalue weighted by Gasteiger charge is -2.34. The van der Waals surface area contributed by atoms with E-state index in [1.807, 2.05) is 6.92 Å². The second kappa shape index (κ2) is 6.72. The van der Waals surface area contributed by atoms with Crippen molar-refractivity contribution in [2.75, 3.05) is 18.0 Å². The van der Waals surface area contributed by atoms with Crippen molar-refractivity contribution in [2.24, 2.45) is 11.8 Å². The molecule has 1 saturated carbocycles. The standard InChI is InChI=1S/C17H26N4O2/c1-11-5-6-13(8-11)16(23)19-14-4-3-7-21(10-14)17-18-12(2)9-15(22)20-17/h9,11,13-14H,3-8,10H2,1-2H3,(H,19,23)(H,18,20,22). The molecule has 6 heteroatoms. The fourth-order valence-electron chi connectivity index (χ4n) is 3.76. The average Bonchev–Trinajstić information content (AvgIpc) is 2.93. The number of carbonyl (C=O) groups excluding carboxylic acids is 1. The molecule has 0 bridgehead atoms. The van der Waals surface area contributed by atoms with E-state index >= 15 is 0 Å². The number of aromatic amines is 1. The maximum absolute atomic E-state index is 12.4.